The fourth-order valence-corrected chi connectivity index (χ4v) is 1.08. The molecule has 0 fully saturated rings. The summed E-state index contributed by atoms with van der Waals surface area (Å²) in [5.74, 6) is -0.581. The molecule has 8 heteroatoms. The van der Waals surface area contributed by atoms with Crippen molar-refractivity contribution >= 4 is 23.3 Å². The number of hydrogen-bond acceptors (Lipinski definition) is 3. The number of carbonyl (C=O) groups is 1. The van der Waals surface area contributed by atoms with Gasteiger partial charge in [0.2, 0.25) is 0 Å². The Kier molecular flexibility index (Phi) is 4.71. The first-order valence-electron chi connectivity index (χ1n) is 4.44. The average Bonchev–Trinajstić information content (AvgIpc) is 2.15. The largest absolute Gasteiger partial charge is 0.411 e. The van der Waals surface area contributed by atoms with Crippen molar-refractivity contribution in [1.29, 1.82) is 0 Å². The lowest BCUT2D eigenvalue weighted by molar-refractivity contribution is -0.174. The Bertz CT molecular complexity index is 398. The monoisotopic (exact) mass is 268 g/mol. The molecule has 0 atom stereocenters. The van der Waals surface area contributed by atoms with Gasteiger partial charge in [0.25, 0.3) is 5.91 Å². The lowest BCUT2D eigenvalue weighted by Crippen LogP contribution is -2.24. The zero-order valence-corrected chi connectivity index (χ0v) is 9.18. The summed E-state index contributed by atoms with van der Waals surface area (Å²) in [6.07, 6.45) is -4.45. The number of hydrogen-bond donors (Lipinski definition) is 1. The molecule has 0 aliphatic carbocycles. The number of carbonyl (C=O) groups excluding carboxylic acids is 1. The van der Waals surface area contributed by atoms with Crippen LogP contribution >= 0.6 is 11.6 Å². The first kappa shape index (κ1) is 13.7. The van der Waals surface area contributed by atoms with Gasteiger partial charge >= 0.3 is 6.18 Å². The Hall–Kier alpha value is -1.34. The summed E-state index contributed by atoms with van der Waals surface area (Å²) in [7, 11) is 0. The molecule has 1 aromatic heterocycles. The van der Waals surface area contributed by atoms with Crippen molar-refractivity contribution in [3.05, 3.63) is 23.4 Å². The molecule has 0 saturated carbocycles. The maximum absolute atomic E-state index is 11.7. The second kappa shape index (κ2) is 5.83. The van der Waals surface area contributed by atoms with Gasteiger partial charge in [-0.05, 0) is 12.1 Å². The third kappa shape index (κ3) is 6.08. The molecule has 4 nitrogen and oxygen atoms in total. The number of nitrogens with one attached hydrogen (secondary N) is 1. The van der Waals surface area contributed by atoms with Gasteiger partial charge in [-0.25, -0.2) is 4.98 Å². The highest BCUT2D eigenvalue weighted by Crippen LogP contribution is 2.14. The topological polar surface area (TPSA) is 51.2 Å². The molecule has 0 bridgehead atoms. The number of rotatable bonds is 4. The molecule has 1 amide bonds. The van der Waals surface area contributed by atoms with E-state index in [2.05, 4.69) is 15.0 Å². The van der Waals surface area contributed by atoms with E-state index in [9.17, 15) is 18.0 Å². The predicted octanol–water partition coefficient (Wildman–Crippen LogP) is 2.25. The van der Waals surface area contributed by atoms with Crippen LogP contribution in [-0.4, -0.2) is 30.3 Å². The van der Waals surface area contributed by atoms with Crippen LogP contribution in [0.4, 0.5) is 19.0 Å². The highest BCUT2D eigenvalue weighted by Gasteiger charge is 2.27. The number of halogens is 4. The van der Waals surface area contributed by atoms with Gasteiger partial charge in [-0.3, -0.25) is 4.79 Å². The molecule has 1 aromatic rings. The summed E-state index contributed by atoms with van der Waals surface area (Å²) in [4.78, 5) is 14.8. The molecule has 0 aliphatic heterocycles. The molecule has 0 aliphatic rings. The third-order valence-corrected chi connectivity index (χ3v) is 1.69. The van der Waals surface area contributed by atoms with Gasteiger partial charge in [0.05, 0.1) is 0 Å². The quantitative estimate of drug-likeness (QED) is 0.852. The van der Waals surface area contributed by atoms with E-state index in [1.807, 2.05) is 0 Å². The van der Waals surface area contributed by atoms with E-state index in [1.165, 1.54) is 12.1 Å². The normalized spacial score (nSPS) is 11.3. The van der Waals surface area contributed by atoms with Gasteiger partial charge in [-0.15, -0.1) is 0 Å². The Balaban J connectivity index is 2.35. The molecule has 17 heavy (non-hydrogen) atoms. The standard InChI is InChI=1S/C9H8ClF3N2O2/c10-6-2-1-3-7(14-6)15-8(16)4-17-5-9(11,12)13/h1-3H,4-5H2,(H,14,15,16). The summed E-state index contributed by atoms with van der Waals surface area (Å²) in [6.45, 7) is -2.17. The molecule has 94 valence electrons. The molecule has 0 spiro atoms. The summed E-state index contributed by atoms with van der Waals surface area (Å²) in [5, 5.41) is 2.41. The van der Waals surface area contributed by atoms with Crippen molar-refractivity contribution < 1.29 is 22.7 Å². The molecule has 0 aromatic carbocycles. The minimum absolute atomic E-state index is 0.151. The number of ether oxygens (including phenoxy) is 1. The SMILES string of the molecule is O=C(COCC(F)(F)F)Nc1cccc(Cl)n1. The molecule has 0 saturated heterocycles. The third-order valence-electron chi connectivity index (χ3n) is 1.48. The highest BCUT2D eigenvalue weighted by molar-refractivity contribution is 6.29. The smallest absolute Gasteiger partial charge is 0.362 e. The van der Waals surface area contributed by atoms with Crippen LogP contribution in [0.5, 0.6) is 0 Å². The van der Waals surface area contributed by atoms with E-state index in [-0.39, 0.29) is 11.0 Å². The number of aromatic nitrogens is 1. The van der Waals surface area contributed by atoms with E-state index >= 15 is 0 Å². The minimum atomic E-state index is -4.45. The second-order valence-electron chi connectivity index (χ2n) is 3.00. The van der Waals surface area contributed by atoms with Crippen LogP contribution in [-0.2, 0) is 9.53 Å². The molecule has 0 radical (unpaired) electrons. The van der Waals surface area contributed by atoms with Crippen LogP contribution in [0.15, 0.2) is 18.2 Å². The second-order valence-corrected chi connectivity index (χ2v) is 3.39. The molecule has 0 unspecified atom stereocenters. The number of alkyl halides is 3. The zero-order chi connectivity index (χ0) is 12.9. The first-order valence-corrected chi connectivity index (χ1v) is 4.81. The number of nitrogens with zero attached hydrogens (tertiary/aromatic N) is 1. The van der Waals surface area contributed by atoms with Crippen LogP contribution in [0.2, 0.25) is 5.15 Å². The van der Waals surface area contributed by atoms with Gasteiger partial charge in [-0.1, -0.05) is 17.7 Å². The number of amides is 1. The van der Waals surface area contributed by atoms with Crippen molar-refractivity contribution in [2.24, 2.45) is 0 Å². The van der Waals surface area contributed by atoms with E-state index < -0.39 is 25.3 Å². The van der Waals surface area contributed by atoms with Crippen molar-refractivity contribution in [2.45, 2.75) is 6.18 Å². The first-order chi connectivity index (χ1) is 7.87. The molecule has 1 heterocycles. The van der Waals surface area contributed by atoms with E-state index in [4.69, 9.17) is 11.6 Å². The van der Waals surface area contributed by atoms with Crippen LogP contribution in [0, 0.1) is 0 Å². The summed E-state index contributed by atoms with van der Waals surface area (Å²) in [6, 6.07) is 4.49. The van der Waals surface area contributed by atoms with Gasteiger partial charge in [-0.2, -0.15) is 13.2 Å². The number of pyridine rings is 1. The fraction of sp³-hybridized carbons (Fsp3) is 0.333. The molecular formula is C9H8ClF3N2O2. The van der Waals surface area contributed by atoms with Gasteiger partial charge in [0, 0.05) is 0 Å². The van der Waals surface area contributed by atoms with Gasteiger partial charge in [0.15, 0.2) is 0 Å². The Morgan fingerprint density at radius 2 is 2.18 bits per heavy atom. The van der Waals surface area contributed by atoms with Crippen LogP contribution < -0.4 is 5.32 Å². The van der Waals surface area contributed by atoms with E-state index in [0.29, 0.717) is 0 Å². The molecule has 1 N–H and O–H groups in total. The lowest BCUT2D eigenvalue weighted by Gasteiger charge is -2.07. The van der Waals surface area contributed by atoms with Gasteiger partial charge < -0.3 is 10.1 Å². The maximum atomic E-state index is 11.7. The van der Waals surface area contributed by atoms with Gasteiger partial charge in [0.1, 0.15) is 24.2 Å². The minimum Gasteiger partial charge on any atom is -0.362 e. The Labute approximate surface area is 99.7 Å². The lowest BCUT2D eigenvalue weighted by atomic mass is 10.4. The van der Waals surface area contributed by atoms with Crippen molar-refractivity contribution in [3.8, 4) is 0 Å². The average molecular weight is 269 g/mol. The van der Waals surface area contributed by atoms with Crippen LogP contribution in [0.25, 0.3) is 0 Å². The van der Waals surface area contributed by atoms with Crippen LogP contribution in [0.3, 0.4) is 0 Å². The van der Waals surface area contributed by atoms with Crippen molar-refractivity contribution in [1.82, 2.24) is 4.98 Å². The summed E-state index contributed by atoms with van der Waals surface area (Å²) < 4.78 is 39.3. The zero-order valence-electron chi connectivity index (χ0n) is 8.42. The molecular weight excluding hydrogens is 261 g/mol. The van der Waals surface area contributed by atoms with Crippen molar-refractivity contribution in [3.63, 3.8) is 0 Å². The highest BCUT2D eigenvalue weighted by atomic mass is 35.5. The van der Waals surface area contributed by atoms with E-state index in [1.54, 1.807) is 6.07 Å². The van der Waals surface area contributed by atoms with E-state index in [0.717, 1.165) is 0 Å². The molecule has 1 rings (SSSR count). The predicted molar refractivity (Wildman–Crippen MR) is 54.8 cm³/mol. The summed E-state index contributed by atoms with van der Waals surface area (Å²) in [5.41, 5.74) is 0. The van der Waals surface area contributed by atoms with Crippen molar-refractivity contribution in [2.75, 3.05) is 18.5 Å². The maximum Gasteiger partial charge on any atom is 0.411 e. The summed E-state index contributed by atoms with van der Waals surface area (Å²) >= 11 is 5.55. The Morgan fingerprint density at radius 1 is 1.47 bits per heavy atom. The number of anilines is 1. The van der Waals surface area contributed by atoms with Crippen LogP contribution in [0.1, 0.15) is 0 Å². The fourth-order valence-electron chi connectivity index (χ4n) is 0.916. The Morgan fingerprint density at radius 3 is 2.76 bits per heavy atom.